The zero-order valence-electron chi connectivity index (χ0n) is 13.3. The SMILES string of the molecule is CCC(C)(C(Cc1cc(Br)ccc1F)NC)N1CCCC1. The average Bonchev–Trinajstić information content (AvgIpc) is 3.02. The predicted octanol–water partition coefficient (Wildman–Crippen LogP) is 3.98. The quantitative estimate of drug-likeness (QED) is 0.828. The fourth-order valence-electron chi connectivity index (χ4n) is 3.47. The van der Waals surface area contributed by atoms with Crippen LogP contribution < -0.4 is 5.32 Å². The molecule has 1 N–H and O–H groups in total. The van der Waals surface area contributed by atoms with Crippen molar-refractivity contribution in [1.29, 1.82) is 0 Å². The van der Waals surface area contributed by atoms with Crippen LogP contribution in [0.2, 0.25) is 0 Å². The molecule has 1 aromatic carbocycles. The van der Waals surface area contributed by atoms with E-state index in [-0.39, 0.29) is 17.4 Å². The van der Waals surface area contributed by atoms with Gasteiger partial charge < -0.3 is 5.32 Å². The second-order valence-electron chi connectivity index (χ2n) is 6.19. The van der Waals surface area contributed by atoms with Crippen molar-refractivity contribution < 1.29 is 4.39 Å². The molecule has 2 nitrogen and oxygen atoms in total. The molecule has 1 fully saturated rings. The molecule has 1 saturated heterocycles. The molecule has 0 bridgehead atoms. The number of likely N-dealkylation sites (tertiary alicyclic amines) is 1. The fraction of sp³-hybridized carbons (Fsp3) is 0.647. The number of nitrogens with one attached hydrogen (secondary N) is 1. The molecule has 0 radical (unpaired) electrons. The highest BCUT2D eigenvalue weighted by atomic mass is 79.9. The van der Waals surface area contributed by atoms with Gasteiger partial charge in [0.2, 0.25) is 0 Å². The van der Waals surface area contributed by atoms with Crippen molar-refractivity contribution >= 4 is 15.9 Å². The van der Waals surface area contributed by atoms with Crippen LogP contribution in [0.25, 0.3) is 0 Å². The second kappa shape index (κ2) is 7.21. The van der Waals surface area contributed by atoms with Crippen LogP contribution in [-0.4, -0.2) is 36.6 Å². The Bertz CT molecular complexity index is 474. The van der Waals surface area contributed by atoms with Crippen molar-refractivity contribution in [3.05, 3.63) is 34.1 Å². The number of benzene rings is 1. The van der Waals surface area contributed by atoms with Crippen molar-refractivity contribution in [2.24, 2.45) is 0 Å². The Morgan fingerprint density at radius 1 is 1.38 bits per heavy atom. The van der Waals surface area contributed by atoms with Gasteiger partial charge >= 0.3 is 0 Å². The Hall–Kier alpha value is -0.450. The third-order valence-corrected chi connectivity index (χ3v) is 5.57. The van der Waals surface area contributed by atoms with Gasteiger partial charge in [-0.1, -0.05) is 22.9 Å². The van der Waals surface area contributed by atoms with Crippen molar-refractivity contribution in [2.75, 3.05) is 20.1 Å². The molecular weight excluding hydrogens is 331 g/mol. The minimum Gasteiger partial charge on any atom is -0.315 e. The normalized spacial score (nSPS) is 20.4. The van der Waals surface area contributed by atoms with Gasteiger partial charge in [0.15, 0.2) is 0 Å². The van der Waals surface area contributed by atoms with Gasteiger partial charge in [-0.25, -0.2) is 4.39 Å². The first-order valence-corrected chi connectivity index (χ1v) is 8.66. The van der Waals surface area contributed by atoms with Crippen molar-refractivity contribution in [1.82, 2.24) is 10.2 Å². The zero-order chi connectivity index (χ0) is 15.5. The Morgan fingerprint density at radius 2 is 2.05 bits per heavy atom. The number of hydrogen-bond acceptors (Lipinski definition) is 2. The van der Waals surface area contributed by atoms with Gasteiger partial charge in [-0.3, -0.25) is 4.90 Å². The third-order valence-electron chi connectivity index (χ3n) is 5.08. The van der Waals surface area contributed by atoms with E-state index < -0.39 is 0 Å². The molecule has 0 aliphatic carbocycles. The topological polar surface area (TPSA) is 15.3 Å². The van der Waals surface area contributed by atoms with E-state index in [0.29, 0.717) is 6.42 Å². The Balaban J connectivity index is 2.22. The standard InChI is InChI=1S/C17H26BrFN2/c1-4-17(2,21-9-5-6-10-21)16(20-3)12-13-11-14(18)7-8-15(13)19/h7-8,11,16,20H,4-6,9-10,12H2,1-3H3. The lowest BCUT2D eigenvalue weighted by Gasteiger charge is -2.44. The molecule has 1 aliphatic rings. The number of hydrogen-bond donors (Lipinski definition) is 1. The van der Waals surface area contributed by atoms with E-state index in [1.807, 2.05) is 13.1 Å². The molecular formula is C17H26BrFN2. The summed E-state index contributed by atoms with van der Waals surface area (Å²) in [5.41, 5.74) is 0.850. The van der Waals surface area contributed by atoms with E-state index in [4.69, 9.17) is 0 Å². The molecule has 2 unspecified atom stereocenters. The lowest BCUT2D eigenvalue weighted by atomic mass is 9.83. The maximum atomic E-state index is 14.1. The van der Waals surface area contributed by atoms with Crippen LogP contribution in [0.5, 0.6) is 0 Å². The van der Waals surface area contributed by atoms with Crippen LogP contribution in [0.15, 0.2) is 22.7 Å². The van der Waals surface area contributed by atoms with Gasteiger partial charge in [0.1, 0.15) is 5.82 Å². The molecule has 2 atom stereocenters. The first-order chi connectivity index (χ1) is 10.0. The zero-order valence-corrected chi connectivity index (χ0v) is 14.8. The second-order valence-corrected chi connectivity index (χ2v) is 7.10. The van der Waals surface area contributed by atoms with Gasteiger partial charge in [0.25, 0.3) is 0 Å². The number of nitrogens with zero attached hydrogens (tertiary/aromatic N) is 1. The van der Waals surface area contributed by atoms with Crippen LogP contribution in [-0.2, 0) is 6.42 Å². The van der Waals surface area contributed by atoms with E-state index in [9.17, 15) is 4.39 Å². The van der Waals surface area contributed by atoms with Gasteiger partial charge in [0, 0.05) is 16.1 Å². The Kier molecular flexibility index (Phi) is 5.81. The van der Waals surface area contributed by atoms with Crippen LogP contribution >= 0.6 is 15.9 Å². The molecule has 2 rings (SSSR count). The van der Waals surface area contributed by atoms with Crippen molar-refractivity contribution in [3.8, 4) is 0 Å². The molecule has 1 heterocycles. The first-order valence-electron chi connectivity index (χ1n) is 7.87. The summed E-state index contributed by atoms with van der Waals surface area (Å²) in [6.07, 6.45) is 4.32. The summed E-state index contributed by atoms with van der Waals surface area (Å²) < 4.78 is 15.0. The minimum atomic E-state index is -0.113. The fourth-order valence-corrected chi connectivity index (χ4v) is 3.88. The Labute approximate surface area is 136 Å². The minimum absolute atomic E-state index is 0.0695. The van der Waals surface area contributed by atoms with Crippen LogP contribution in [0.1, 0.15) is 38.7 Å². The predicted molar refractivity (Wildman–Crippen MR) is 90.2 cm³/mol. The molecule has 0 amide bonds. The smallest absolute Gasteiger partial charge is 0.126 e. The highest BCUT2D eigenvalue weighted by Gasteiger charge is 2.38. The molecule has 1 aliphatic heterocycles. The summed E-state index contributed by atoms with van der Waals surface area (Å²) in [4.78, 5) is 2.57. The molecule has 118 valence electrons. The van der Waals surface area contributed by atoms with Crippen molar-refractivity contribution in [2.45, 2.75) is 51.1 Å². The van der Waals surface area contributed by atoms with E-state index in [1.165, 1.54) is 12.8 Å². The summed E-state index contributed by atoms with van der Waals surface area (Å²) in [6.45, 7) is 6.86. The number of likely N-dealkylation sites (N-methyl/N-ethyl adjacent to an activating group) is 1. The summed E-state index contributed by atoms with van der Waals surface area (Å²) in [7, 11) is 1.99. The summed E-state index contributed by atoms with van der Waals surface area (Å²) >= 11 is 3.44. The number of rotatable bonds is 6. The van der Waals surface area contributed by atoms with Gasteiger partial charge in [-0.05, 0) is 76.5 Å². The van der Waals surface area contributed by atoms with Gasteiger partial charge in [0.05, 0.1) is 0 Å². The summed E-state index contributed by atoms with van der Waals surface area (Å²) in [5, 5.41) is 3.44. The summed E-state index contributed by atoms with van der Waals surface area (Å²) in [6, 6.07) is 5.45. The van der Waals surface area contributed by atoms with Crippen molar-refractivity contribution in [3.63, 3.8) is 0 Å². The maximum absolute atomic E-state index is 14.1. The van der Waals surface area contributed by atoms with Crippen LogP contribution in [0, 0.1) is 5.82 Å². The largest absolute Gasteiger partial charge is 0.315 e. The lowest BCUT2D eigenvalue weighted by molar-refractivity contribution is 0.0870. The molecule has 0 aromatic heterocycles. The lowest BCUT2D eigenvalue weighted by Crippen LogP contribution is -2.58. The van der Waals surface area contributed by atoms with Crippen LogP contribution in [0.3, 0.4) is 0 Å². The monoisotopic (exact) mass is 356 g/mol. The van der Waals surface area contributed by atoms with E-state index in [0.717, 1.165) is 29.5 Å². The van der Waals surface area contributed by atoms with E-state index in [1.54, 1.807) is 12.1 Å². The van der Waals surface area contributed by atoms with Gasteiger partial charge in [-0.2, -0.15) is 0 Å². The molecule has 0 saturated carbocycles. The first kappa shape index (κ1) is 16.9. The maximum Gasteiger partial charge on any atom is 0.126 e. The Morgan fingerprint density at radius 3 is 2.62 bits per heavy atom. The molecule has 0 spiro atoms. The van der Waals surface area contributed by atoms with E-state index >= 15 is 0 Å². The molecule has 1 aromatic rings. The highest BCUT2D eigenvalue weighted by molar-refractivity contribution is 9.10. The molecule has 4 heteroatoms. The summed E-state index contributed by atoms with van der Waals surface area (Å²) in [5.74, 6) is -0.113. The highest BCUT2D eigenvalue weighted by Crippen LogP contribution is 2.30. The average molecular weight is 357 g/mol. The molecule has 21 heavy (non-hydrogen) atoms. The third kappa shape index (κ3) is 3.66. The number of halogens is 2. The van der Waals surface area contributed by atoms with Crippen LogP contribution in [0.4, 0.5) is 4.39 Å². The van der Waals surface area contributed by atoms with E-state index in [2.05, 4.69) is 40.0 Å². The van der Waals surface area contributed by atoms with Gasteiger partial charge in [-0.15, -0.1) is 0 Å².